The minimum Gasteiger partial charge on any atom is -0.318 e. The quantitative estimate of drug-likeness (QED) is 0.855. The van der Waals surface area contributed by atoms with Gasteiger partial charge in [0.25, 0.3) is 0 Å². The minimum atomic E-state index is -0.607. The third-order valence-electron chi connectivity index (χ3n) is 3.38. The Labute approximate surface area is 107 Å². The molecule has 1 unspecified atom stereocenters. The van der Waals surface area contributed by atoms with Crippen LogP contribution in [0.2, 0.25) is 0 Å². The van der Waals surface area contributed by atoms with E-state index in [1.54, 1.807) is 13.0 Å². The second-order valence-electron chi connectivity index (χ2n) is 5.04. The fourth-order valence-electron chi connectivity index (χ4n) is 2.10. The molecule has 2 N–H and O–H groups in total. The van der Waals surface area contributed by atoms with E-state index in [2.05, 4.69) is 6.07 Å². The molecule has 2 aromatic rings. The summed E-state index contributed by atoms with van der Waals surface area (Å²) in [6, 6.07) is 13.2. The molecule has 0 radical (unpaired) electrons. The third kappa shape index (κ3) is 2.29. The maximum Gasteiger partial charge on any atom is 0.126 e. The molecule has 0 saturated carbocycles. The van der Waals surface area contributed by atoms with Crippen molar-refractivity contribution in [2.24, 2.45) is 5.73 Å². The molecule has 0 heterocycles. The average molecular weight is 243 g/mol. The smallest absolute Gasteiger partial charge is 0.126 e. The van der Waals surface area contributed by atoms with Gasteiger partial charge in [-0.25, -0.2) is 4.39 Å². The van der Waals surface area contributed by atoms with Gasteiger partial charge in [0.15, 0.2) is 0 Å². The van der Waals surface area contributed by atoms with Gasteiger partial charge < -0.3 is 5.73 Å². The van der Waals surface area contributed by atoms with Crippen LogP contribution in [0.15, 0.2) is 42.5 Å². The van der Waals surface area contributed by atoms with Crippen LogP contribution in [-0.4, -0.2) is 0 Å². The van der Waals surface area contributed by atoms with E-state index in [9.17, 15) is 4.39 Å². The highest BCUT2D eigenvalue weighted by Gasteiger charge is 2.24. The van der Waals surface area contributed by atoms with Crippen molar-refractivity contribution >= 4 is 0 Å². The summed E-state index contributed by atoms with van der Waals surface area (Å²) in [7, 11) is 0. The molecule has 0 fully saturated rings. The Kier molecular flexibility index (Phi) is 3.22. The van der Waals surface area contributed by atoms with E-state index in [4.69, 9.17) is 5.73 Å². The van der Waals surface area contributed by atoms with E-state index < -0.39 is 5.54 Å². The van der Waals surface area contributed by atoms with Crippen molar-refractivity contribution in [3.63, 3.8) is 0 Å². The predicted octanol–water partition coefficient (Wildman–Crippen LogP) is 3.66. The maximum absolute atomic E-state index is 13.3. The van der Waals surface area contributed by atoms with Gasteiger partial charge in [-0.1, -0.05) is 42.0 Å². The average Bonchev–Trinajstić information content (AvgIpc) is 2.32. The van der Waals surface area contributed by atoms with Crippen LogP contribution in [-0.2, 0) is 5.54 Å². The zero-order chi connectivity index (χ0) is 13.3. The number of benzene rings is 2. The zero-order valence-corrected chi connectivity index (χ0v) is 11.0. The van der Waals surface area contributed by atoms with Crippen molar-refractivity contribution in [3.05, 3.63) is 70.5 Å². The van der Waals surface area contributed by atoms with Gasteiger partial charge in [0.05, 0.1) is 5.54 Å². The minimum absolute atomic E-state index is 0.196. The van der Waals surface area contributed by atoms with E-state index >= 15 is 0 Å². The maximum atomic E-state index is 13.3. The van der Waals surface area contributed by atoms with Gasteiger partial charge in [-0.15, -0.1) is 0 Å². The van der Waals surface area contributed by atoms with E-state index in [-0.39, 0.29) is 5.82 Å². The lowest BCUT2D eigenvalue weighted by molar-refractivity contribution is 0.588. The molecule has 0 spiro atoms. The summed E-state index contributed by atoms with van der Waals surface area (Å²) >= 11 is 0. The van der Waals surface area contributed by atoms with Crippen LogP contribution in [0.1, 0.15) is 29.2 Å². The molecule has 0 saturated heterocycles. The van der Waals surface area contributed by atoms with Crippen molar-refractivity contribution in [1.29, 1.82) is 0 Å². The Morgan fingerprint density at radius 3 is 2.28 bits per heavy atom. The molecule has 18 heavy (non-hydrogen) atoms. The summed E-state index contributed by atoms with van der Waals surface area (Å²) in [5.41, 5.74) is 9.57. The SMILES string of the molecule is Cc1cccc(C(C)(N)c2ccc(F)c(C)c2)c1. The highest BCUT2D eigenvalue weighted by atomic mass is 19.1. The Morgan fingerprint density at radius 1 is 1.00 bits per heavy atom. The molecular weight excluding hydrogens is 225 g/mol. The lowest BCUT2D eigenvalue weighted by atomic mass is 9.84. The van der Waals surface area contributed by atoms with Crippen molar-refractivity contribution in [2.75, 3.05) is 0 Å². The Bertz CT molecular complexity index is 573. The van der Waals surface area contributed by atoms with Gasteiger partial charge in [0.1, 0.15) is 5.82 Å². The standard InChI is InChI=1S/C16H18FN/c1-11-5-4-6-13(9-11)16(3,18)14-7-8-15(17)12(2)10-14/h4-10H,18H2,1-3H3. The molecule has 2 rings (SSSR count). The van der Waals surface area contributed by atoms with Crippen LogP contribution in [0.3, 0.4) is 0 Å². The van der Waals surface area contributed by atoms with Crippen LogP contribution >= 0.6 is 0 Å². The third-order valence-corrected chi connectivity index (χ3v) is 3.38. The topological polar surface area (TPSA) is 26.0 Å². The second kappa shape index (κ2) is 4.54. The first-order valence-corrected chi connectivity index (χ1v) is 6.04. The van der Waals surface area contributed by atoms with Gasteiger partial charge in [0.2, 0.25) is 0 Å². The Hall–Kier alpha value is -1.67. The van der Waals surface area contributed by atoms with Gasteiger partial charge >= 0.3 is 0 Å². The zero-order valence-electron chi connectivity index (χ0n) is 11.0. The van der Waals surface area contributed by atoms with Crippen LogP contribution in [0.25, 0.3) is 0 Å². The summed E-state index contributed by atoms with van der Waals surface area (Å²) in [6.07, 6.45) is 0. The van der Waals surface area contributed by atoms with E-state index in [1.807, 2.05) is 38.1 Å². The molecule has 0 bridgehead atoms. The van der Waals surface area contributed by atoms with Gasteiger partial charge in [-0.2, -0.15) is 0 Å². The molecule has 1 atom stereocenters. The lowest BCUT2D eigenvalue weighted by Crippen LogP contribution is -2.34. The van der Waals surface area contributed by atoms with Gasteiger partial charge in [-0.05, 0) is 43.5 Å². The van der Waals surface area contributed by atoms with Crippen molar-refractivity contribution in [1.82, 2.24) is 0 Å². The molecule has 0 aromatic heterocycles. The van der Waals surface area contributed by atoms with E-state index in [0.29, 0.717) is 5.56 Å². The van der Waals surface area contributed by atoms with E-state index in [0.717, 1.165) is 11.1 Å². The number of hydrogen-bond donors (Lipinski definition) is 1. The van der Waals surface area contributed by atoms with Crippen molar-refractivity contribution in [2.45, 2.75) is 26.3 Å². The monoisotopic (exact) mass is 243 g/mol. The normalized spacial score (nSPS) is 14.3. The Morgan fingerprint density at radius 2 is 1.67 bits per heavy atom. The number of nitrogens with two attached hydrogens (primary N) is 1. The highest BCUT2D eigenvalue weighted by Crippen LogP contribution is 2.28. The summed E-state index contributed by atoms with van der Waals surface area (Å²) in [5, 5.41) is 0. The molecular formula is C16H18FN. The number of aryl methyl sites for hydroxylation is 2. The molecule has 0 aliphatic heterocycles. The molecule has 0 amide bonds. The van der Waals surface area contributed by atoms with Gasteiger partial charge in [-0.3, -0.25) is 0 Å². The summed E-state index contributed by atoms with van der Waals surface area (Å²) < 4.78 is 13.3. The fraction of sp³-hybridized carbons (Fsp3) is 0.250. The van der Waals surface area contributed by atoms with Crippen LogP contribution in [0, 0.1) is 19.7 Å². The lowest BCUT2D eigenvalue weighted by Gasteiger charge is -2.26. The van der Waals surface area contributed by atoms with Crippen LogP contribution in [0.4, 0.5) is 4.39 Å². The van der Waals surface area contributed by atoms with Crippen molar-refractivity contribution < 1.29 is 4.39 Å². The first-order chi connectivity index (χ1) is 8.41. The Balaban J connectivity index is 2.50. The summed E-state index contributed by atoms with van der Waals surface area (Å²) in [5.74, 6) is -0.196. The molecule has 0 aliphatic carbocycles. The van der Waals surface area contributed by atoms with E-state index in [1.165, 1.54) is 11.6 Å². The second-order valence-corrected chi connectivity index (χ2v) is 5.04. The number of hydrogen-bond acceptors (Lipinski definition) is 1. The predicted molar refractivity (Wildman–Crippen MR) is 73.0 cm³/mol. The molecule has 0 aliphatic rings. The fourth-order valence-corrected chi connectivity index (χ4v) is 2.10. The first-order valence-electron chi connectivity index (χ1n) is 6.04. The highest BCUT2D eigenvalue weighted by molar-refractivity contribution is 5.40. The van der Waals surface area contributed by atoms with Crippen LogP contribution < -0.4 is 5.73 Å². The summed E-state index contributed by atoms with van der Waals surface area (Å²) in [4.78, 5) is 0. The molecule has 2 heteroatoms. The van der Waals surface area contributed by atoms with Crippen LogP contribution in [0.5, 0.6) is 0 Å². The largest absolute Gasteiger partial charge is 0.318 e. The molecule has 2 aromatic carbocycles. The first kappa shape index (κ1) is 12.8. The number of rotatable bonds is 2. The molecule has 94 valence electrons. The van der Waals surface area contributed by atoms with Crippen molar-refractivity contribution in [3.8, 4) is 0 Å². The summed E-state index contributed by atoms with van der Waals surface area (Å²) in [6.45, 7) is 5.75. The molecule has 1 nitrogen and oxygen atoms in total. The number of halogens is 1. The van der Waals surface area contributed by atoms with Gasteiger partial charge in [0, 0.05) is 0 Å².